The first-order chi connectivity index (χ1) is 12.7. The molecule has 0 aliphatic heterocycles. The molecule has 0 saturated heterocycles. The number of methoxy groups -OCH3 is 1. The molecule has 0 saturated carbocycles. The van der Waals surface area contributed by atoms with Crippen LogP contribution >= 0.6 is 0 Å². The summed E-state index contributed by atoms with van der Waals surface area (Å²) in [6.07, 6.45) is 3.72. The molecule has 2 aromatic carbocycles. The van der Waals surface area contributed by atoms with E-state index in [4.69, 9.17) is 17.0 Å². The van der Waals surface area contributed by atoms with Crippen LogP contribution in [0.25, 0.3) is 32.7 Å². The standard InChI is InChI=1S/C21H16N4O/c1-23-15-3-8-21-18(12-15)19(20-11-14(22)9-10-24-20)13-25(21)16-4-6-17(26-2)7-5-16/h3-13H,2H3,(H2,22,24). The number of aromatic nitrogens is 2. The number of nitrogens with zero attached hydrogens (tertiary/aromatic N) is 3. The minimum Gasteiger partial charge on any atom is -0.497 e. The average Bonchev–Trinajstić information content (AvgIpc) is 3.06. The largest absolute Gasteiger partial charge is 0.497 e. The van der Waals surface area contributed by atoms with Crippen molar-refractivity contribution in [2.45, 2.75) is 0 Å². The highest BCUT2D eigenvalue weighted by atomic mass is 16.5. The Bertz CT molecular complexity index is 1140. The van der Waals surface area contributed by atoms with E-state index in [0.29, 0.717) is 11.4 Å². The number of hydrogen-bond donors (Lipinski definition) is 1. The first kappa shape index (κ1) is 15.7. The lowest BCUT2D eigenvalue weighted by molar-refractivity contribution is 0.415. The molecule has 26 heavy (non-hydrogen) atoms. The van der Waals surface area contributed by atoms with Gasteiger partial charge in [0, 0.05) is 29.3 Å². The van der Waals surface area contributed by atoms with Crippen molar-refractivity contribution in [1.82, 2.24) is 9.55 Å². The molecule has 4 rings (SSSR count). The maximum atomic E-state index is 7.31. The minimum atomic E-state index is 0.593. The van der Waals surface area contributed by atoms with Crippen molar-refractivity contribution in [2.75, 3.05) is 12.8 Å². The van der Waals surface area contributed by atoms with Gasteiger partial charge in [-0.1, -0.05) is 6.07 Å². The van der Waals surface area contributed by atoms with E-state index in [2.05, 4.69) is 14.4 Å². The number of anilines is 1. The van der Waals surface area contributed by atoms with E-state index in [1.807, 2.05) is 54.7 Å². The van der Waals surface area contributed by atoms with Crippen LogP contribution < -0.4 is 10.5 Å². The monoisotopic (exact) mass is 340 g/mol. The van der Waals surface area contributed by atoms with Crippen molar-refractivity contribution in [1.29, 1.82) is 0 Å². The quantitative estimate of drug-likeness (QED) is 0.543. The highest BCUT2D eigenvalue weighted by molar-refractivity contribution is 5.98. The Morgan fingerprint density at radius 2 is 1.88 bits per heavy atom. The van der Waals surface area contributed by atoms with Gasteiger partial charge >= 0.3 is 0 Å². The van der Waals surface area contributed by atoms with E-state index >= 15 is 0 Å². The molecule has 0 unspecified atom stereocenters. The molecule has 2 heterocycles. The Kier molecular flexibility index (Phi) is 3.79. The summed E-state index contributed by atoms with van der Waals surface area (Å²) in [6.45, 7) is 7.31. The molecular formula is C21H16N4O. The zero-order valence-corrected chi connectivity index (χ0v) is 14.2. The van der Waals surface area contributed by atoms with Crippen LogP contribution in [0.4, 0.5) is 11.4 Å². The number of benzene rings is 2. The third kappa shape index (κ3) is 2.64. The molecule has 0 amide bonds. The number of fused-ring (bicyclic) bond motifs is 1. The summed E-state index contributed by atoms with van der Waals surface area (Å²) in [5, 5.41) is 0.965. The fourth-order valence-electron chi connectivity index (χ4n) is 3.04. The fourth-order valence-corrected chi connectivity index (χ4v) is 3.04. The van der Waals surface area contributed by atoms with Crippen LogP contribution in [0, 0.1) is 6.57 Å². The van der Waals surface area contributed by atoms with E-state index in [9.17, 15) is 0 Å². The van der Waals surface area contributed by atoms with Crippen molar-refractivity contribution in [3.63, 3.8) is 0 Å². The van der Waals surface area contributed by atoms with E-state index in [1.165, 1.54) is 0 Å². The summed E-state index contributed by atoms with van der Waals surface area (Å²) >= 11 is 0. The lowest BCUT2D eigenvalue weighted by Gasteiger charge is -2.06. The number of nitrogens with two attached hydrogens (primary N) is 1. The van der Waals surface area contributed by atoms with Crippen LogP contribution in [-0.2, 0) is 0 Å². The smallest absolute Gasteiger partial charge is 0.188 e. The predicted molar refractivity (Wildman–Crippen MR) is 104 cm³/mol. The second kappa shape index (κ2) is 6.26. The SMILES string of the molecule is [C-]#[N+]c1ccc2c(c1)c(-c1cc(N)ccn1)cn2-c1ccc(OC)cc1. The lowest BCUT2D eigenvalue weighted by Crippen LogP contribution is -1.92. The van der Waals surface area contributed by atoms with Gasteiger partial charge in [0.25, 0.3) is 0 Å². The molecule has 5 heteroatoms. The van der Waals surface area contributed by atoms with Gasteiger partial charge < -0.3 is 15.0 Å². The first-order valence-electron chi connectivity index (χ1n) is 8.08. The summed E-state index contributed by atoms with van der Waals surface area (Å²) in [5.41, 5.74) is 10.9. The summed E-state index contributed by atoms with van der Waals surface area (Å²) in [6, 6.07) is 17.1. The summed E-state index contributed by atoms with van der Waals surface area (Å²) < 4.78 is 7.33. The number of rotatable bonds is 3. The van der Waals surface area contributed by atoms with Gasteiger partial charge in [-0.15, -0.1) is 0 Å². The molecule has 0 aliphatic rings. The second-order valence-electron chi connectivity index (χ2n) is 5.90. The Balaban J connectivity index is 1.98. The van der Waals surface area contributed by atoms with Gasteiger partial charge in [0.1, 0.15) is 5.75 Å². The van der Waals surface area contributed by atoms with Crippen molar-refractivity contribution < 1.29 is 4.74 Å². The minimum absolute atomic E-state index is 0.593. The molecule has 0 spiro atoms. The molecule has 2 N–H and O–H groups in total. The molecule has 5 nitrogen and oxygen atoms in total. The Morgan fingerprint density at radius 3 is 2.58 bits per heavy atom. The zero-order chi connectivity index (χ0) is 18.1. The normalized spacial score (nSPS) is 10.6. The van der Waals surface area contributed by atoms with Crippen LogP contribution in [0.3, 0.4) is 0 Å². The zero-order valence-electron chi connectivity index (χ0n) is 14.2. The van der Waals surface area contributed by atoms with E-state index in [0.717, 1.165) is 33.6 Å². The van der Waals surface area contributed by atoms with E-state index in [1.54, 1.807) is 19.4 Å². The summed E-state index contributed by atoms with van der Waals surface area (Å²) in [4.78, 5) is 8.02. The number of hydrogen-bond acceptors (Lipinski definition) is 3. The maximum Gasteiger partial charge on any atom is 0.188 e. The van der Waals surface area contributed by atoms with Gasteiger partial charge in [0.05, 0.1) is 24.9 Å². The third-order valence-electron chi connectivity index (χ3n) is 4.33. The van der Waals surface area contributed by atoms with Gasteiger partial charge in [-0.05, 0) is 53.9 Å². The summed E-state index contributed by atoms with van der Waals surface area (Å²) in [7, 11) is 1.65. The molecule has 0 aliphatic carbocycles. The van der Waals surface area contributed by atoms with Gasteiger partial charge in [-0.2, -0.15) is 0 Å². The van der Waals surface area contributed by atoms with Crippen molar-refractivity contribution in [3.8, 4) is 22.7 Å². The molecule has 0 fully saturated rings. The van der Waals surface area contributed by atoms with Crippen molar-refractivity contribution in [2.24, 2.45) is 0 Å². The molecule has 4 aromatic rings. The predicted octanol–water partition coefficient (Wildman–Crippen LogP) is 4.83. The second-order valence-corrected chi connectivity index (χ2v) is 5.90. The van der Waals surface area contributed by atoms with E-state index in [-0.39, 0.29) is 0 Å². The van der Waals surface area contributed by atoms with Crippen LogP contribution in [0.5, 0.6) is 5.75 Å². The van der Waals surface area contributed by atoms with Gasteiger partial charge in [-0.25, -0.2) is 4.85 Å². The number of pyridine rings is 1. The van der Waals surface area contributed by atoms with Crippen LogP contribution in [0.15, 0.2) is 67.0 Å². The van der Waals surface area contributed by atoms with Crippen LogP contribution in [0.1, 0.15) is 0 Å². The molecule has 0 radical (unpaired) electrons. The Hall–Kier alpha value is -3.78. The maximum absolute atomic E-state index is 7.31. The van der Waals surface area contributed by atoms with Crippen molar-refractivity contribution >= 4 is 22.3 Å². The van der Waals surface area contributed by atoms with Crippen LogP contribution in [-0.4, -0.2) is 16.7 Å². The molecule has 2 aromatic heterocycles. The van der Waals surface area contributed by atoms with Crippen molar-refractivity contribution in [3.05, 3.63) is 78.4 Å². The third-order valence-corrected chi connectivity index (χ3v) is 4.33. The number of nitrogen functional groups attached to an aromatic ring is 1. The molecule has 126 valence electrons. The fraction of sp³-hybridized carbons (Fsp3) is 0.0476. The van der Waals surface area contributed by atoms with Gasteiger partial charge in [-0.3, -0.25) is 4.98 Å². The first-order valence-corrected chi connectivity index (χ1v) is 8.08. The highest BCUT2D eigenvalue weighted by Gasteiger charge is 2.13. The number of ether oxygens (including phenoxy) is 1. The molecule has 0 atom stereocenters. The average molecular weight is 340 g/mol. The van der Waals surface area contributed by atoms with Gasteiger partial charge in [0.2, 0.25) is 0 Å². The highest BCUT2D eigenvalue weighted by Crippen LogP contribution is 2.35. The lowest BCUT2D eigenvalue weighted by atomic mass is 10.1. The van der Waals surface area contributed by atoms with Gasteiger partial charge in [0.15, 0.2) is 5.69 Å². The molecular weight excluding hydrogens is 324 g/mol. The summed E-state index contributed by atoms with van der Waals surface area (Å²) in [5.74, 6) is 0.804. The Labute approximate surface area is 151 Å². The topological polar surface area (TPSA) is 57.4 Å². The van der Waals surface area contributed by atoms with E-state index < -0.39 is 0 Å². The molecule has 0 bridgehead atoms. The Morgan fingerprint density at radius 1 is 1.08 bits per heavy atom. The van der Waals surface area contributed by atoms with Crippen LogP contribution in [0.2, 0.25) is 0 Å².